The molecule has 0 saturated carbocycles. The molecule has 0 aliphatic rings. The van der Waals surface area contributed by atoms with Gasteiger partial charge in [0.15, 0.2) is 0 Å². The van der Waals surface area contributed by atoms with Gasteiger partial charge in [0, 0.05) is 23.0 Å². The lowest BCUT2D eigenvalue weighted by Crippen LogP contribution is -2.16. The lowest BCUT2D eigenvalue weighted by atomic mass is 9.90. The van der Waals surface area contributed by atoms with Crippen LogP contribution in [0.25, 0.3) is 0 Å². The molecule has 0 aromatic heterocycles. The zero-order valence-corrected chi connectivity index (χ0v) is 19.2. The Bertz CT molecular complexity index is 1030. The average Bonchev–Trinajstić information content (AvgIpc) is 2.90. The Kier molecular flexibility index (Phi) is 7.78. The zero-order valence-electron chi connectivity index (χ0n) is 19.2. The minimum absolute atomic E-state index is 0.0662. The van der Waals surface area contributed by atoms with E-state index in [-0.39, 0.29) is 11.8 Å². The molecule has 0 aliphatic carbocycles. The number of hydrogen-bond donors (Lipinski definition) is 0. The smallest absolute Gasteiger partial charge is 0.122 e. The van der Waals surface area contributed by atoms with Crippen LogP contribution >= 0.6 is 0 Å². The maximum atomic E-state index is 6.46. The molecular weight excluding hydrogens is 408 g/mol. The quantitative estimate of drug-likeness (QED) is 0.276. The molecule has 4 aromatic carbocycles. The summed E-state index contributed by atoms with van der Waals surface area (Å²) in [5.41, 5.74) is 4.66. The van der Waals surface area contributed by atoms with E-state index in [9.17, 15) is 0 Å². The Hall–Kier alpha value is -3.56. The number of para-hydroxylation sites is 2. The molecule has 4 rings (SSSR count). The van der Waals surface area contributed by atoms with Gasteiger partial charge in [-0.1, -0.05) is 97.1 Å². The van der Waals surface area contributed by atoms with Crippen molar-refractivity contribution in [2.75, 3.05) is 27.4 Å². The lowest BCUT2D eigenvalue weighted by Gasteiger charge is -2.24. The standard InChI is InChI=1S/C30H30O3/c1-31-29-19-11-9-17-25(29)27(23-13-5-3-6-14-23)21-33-22-28(24-15-7-4-8-16-24)26-18-10-12-20-30(26)32-2/h3-20,27-28H,21-22H2,1-2H3. The van der Waals surface area contributed by atoms with E-state index in [2.05, 4.69) is 72.8 Å². The van der Waals surface area contributed by atoms with E-state index in [1.54, 1.807) is 14.2 Å². The predicted molar refractivity (Wildman–Crippen MR) is 133 cm³/mol. The molecule has 3 heteroatoms. The van der Waals surface area contributed by atoms with Crippen molar-refractivity contribution in [1.29, 1.82) is 0 Å². The molecule has 0 aliphatic heterocycles. The van der Waals surface area contributed by atoms with E-state index in [0.717, 1.165) is 22.6 Å². The van der Waals surface area contributed by atoms with Crippen LogP contribution in [0, 0.1) is 0 Å². The monoisotopic (exact) mass is 438 g/mol. The molecule has 0 spiro atoms. The summed E-state index contributed by atoms with van der Waals surface area (Å²) in [6.07, 6.45) is 0. The molecule has 3 nitrogen and oxygen atoms in total. The molecule has 0 heterocycles. The second-order valence-electron chi connectivity index (χ2n) is 7.95. The fourth-order valence-corrected chi connectivity index (χ4v) is 4.31. The van der Waals surface area contributed by atoms with Crippen molar-refractivity contribution in [3.8, 4) is 11.5 Å². The van der Waals surface area contributed by atoms with Gasteiger partial charge in [0.25, 0.3) is 0 Å². The molecule has 0 N–H and O–H groups in total. The third-order valence-electron chi connectivity index (χ3n) is 6.00. The average molecular weight is 439 g/mol. The summed E-state index contributed by atoms with van der Waals surface area (Å²) in [5, 5.41) is 0. The highest BCUT2D eigenvalue weighted by Gasteiger charge is 2.22. The molecule has 33 heavy (non-hydrogen) atoms. The first kappa shape index (κ1) is 22.6. The third-order valence-corrected chi connectivity index (χ3v) is 6.00. The van der Waals surface area contributed by atoms with E-state index in [1.807, 2.05) is 36.4 Å². The van der Waals surface area contributed by atoms with E-state index >= 15 is 0 Å². The first-order valence-corrected chi connectivity index (χ1v) is 11.2. The molecule has 2 atom stereocenters. The highest BCUT2D eigenvalue weighted by molar-refractivity contribution is 5.43. The lowest BCUT2D eigenvalue weighted by molar-refractivity contribution is 0.119. The van der Waals surface area contributed by atoms with Crippen LogP contribution in [0.4, 0.5) is 0 Å². The molecule has 0 fully saturated rings. The van der Waals surface area contributed by atoms with Gasteiger partial charge in [0.2, 0.25) is 0 Å². The van der Waals surface area contributed by atoms with E-state index in [0.29, 0.717) is 13.2 Å². The SMILES string of the molecule is COc1ccccc1C(COCC(c1ccccc1)c1ccccc1OC)c1ccccc1. The maximum absolute atomic E-state index is 6.46. The van der Waals surface area contributed by atoms with E-state index in [1.165, 1.54) is 11.1 Å². The van der Waals surface area contributed by atoms with Gasteiger partial charge in [-0.15, -0.1) is 0 Å². The van der Waals surface area contributed by atoms with Crippen molar-refractivity contribution in [3.05, 3.63) is 131 Å². The molecule has 168 valence electrons. The topological polar surface area (TPSA) is 27.7 Å². The highest BCUT2D eigenvalue weighted by atomic mass is 16.5. The first-order valence-electron chi connectivity index (χ1n) is 11.2. The van der Waals surface area contributed by atoms with E-state index in [4.69, 9.17) is 14.2 Å². The van der Waals surface area contributed by atoms with Gasteiger partial charge in [-0.2, -0.15) is 0 Å². The zero-order chi connectivity index (χ0) is 22.9. The summed E-state index contributed by atoms with van der Waals surface area (Å²) >= 11 is 0. The number of ether oxygens (including phenoxy) is 3. The van der Waals surface area contributed by atoms with Crippen LogP contribution in [0.5, 0.6) is 11.5 Å². The highest BCUT2D eigenvalue weighted by Crippen LogP contribution is 2.35. The van der Waals surface area contributed by atoms with Crippen LogP contribution in [0.1, 0.15) is 34.1 Å². The predicted octanol–water partition coefficient (Wildman–Crippen LogP) is 6.68. The number of hydrogen-bond acceptors (Lipinski definition) is 3. The Morgan fingerprint density at radius 2 is 0.848 bits per heavy atom. The van der Waals surface area contributed by atoms with Crippen molar-refractivity contribution in [2.24, 2.45) is 0 Å². The van der Waals surface area contributed by atoms with Crippen LogP contribution < -0.4 is 9.47 Å². The summed E-state index contributed by atoms with van der Waals surface area (Å²) < 4.78 is 17.8. The fourth-order valence-electron chi connectivity index (χ4n) is 4.31. The van der Waals surface area contributed by atoms with Crippen LogP contribution in [-0.4, -0.2) is 27.4 Å². The molecule has 2 unspecified atom stereocenters. The van der Waals surface area contributed by atoms with E-state index < -0.39 is 0 Å². The van der Waals surface area contributed by atoms with Gasteiger partial charge in [-0.25, -0.2) is 0 Å². The number of methoxy groups -OCH3 is 2. The largest absolute Gasteiger partial charge is 0.496 e. The van der Waals surface area contributed by atoms with Gasteiger partial charge in [0.1, 0.15) is 11.5 Å². The van der Waals surface area contributed by atoms with Gasteiger partial charge < -0.3 is 14.2 Å². The first-order chi connectivity index (χ1) is 16.3. The molecular formula is C30H30O3. The van der Waals surface area contributed by atoms with Gasteiger partial charge >= 0.3 is 0 Å². The molecule has 0 saturated heterocycles. The summed E-state index contributed by atoms with van der Waals surface area (Å²) in [6.45, 7) is 1.09. The second kappa shape index (κ2) is 11.3. The molecule has 0 radical (unpaired) electrons. The molecule has 0 amide bonds. The minimum Gasteiger partial charge on any atom is -0.496 e. The van der Waals surface area contributed by atoms with Crippen LogP contribution in [-0.2, 0) is 4.74 Å². The molecule has 0 bridgehead atoms. The Labute approximate surface area is 196 Å². The number of benzene rings is 4. The summed E-state index contributed by atoms with van der Waals surface area (Å²) in [6, 6.07) is 37.3. The third kappa shape index (κ3) is 5.44. The molecule has 4 aromatic rings. The normalized spacial score (nSPS) is 12.7. The fraction of sp³-hybridized carbons (Fsp3) is 0.200. The van der Waals surface area contributed by atoms with Crippen molar-refractivity contribution in [2.45, 2.75) is 11.8 Å². The summed E-state index contributed by atoms with van der Waals surface area (Å²) in [5.74, 6) is 1.88. The summed E-state index contributed by atoms with van der Waals surface area (Å²) in [4.78, 5) is 0. The van der Waals surface area contributed by atoms with Gasteiger partial charge in [-0.05, 0) is 23.3 Å². The van der Waals surface area contributed by atoms with Crippen molar-refractivity contribution < 1.29 is 14.2 Å². The second-order valence-corrected chi connectivity index (χ2v) is 7.95. The Balaban J connectivity index is 1.61. The van der Waals surface area contributed by atoms with Crippen LogP contribution in [0.15, 0.2) is 109 Å². The van der Waals surface area contributed by atoms with Crippen LogP contribution in [0.2, 0.25) is 0 Å². The van der Waals surface area contributed by atoms with Crippen molar-refractivity contribution >= 4 is 0 Å². The Morgan fingerprint density at radius 1 is 0.485 bits per heavy atom. The maximum Gasteiger partial charge on any atom is 0.122 e. The van der Waals surface area contributed by atoms with Crippen LogP contribution in [0.3, 0.4) is 0 Å². The summed E-state index contributed by atoms with van der Waals surface area (Å²) in [7, 11) is 3.43. The number of rotatable bonds is 10. The van der Waals surface area contributed by atoms with Crippen molar-refractivity contribution in [3.63, 3.8) is 0 Å². The van der Waals surface area contributed by atoms with Gasteiger partial charge in [-0.3, -0.25) is 0 Å². The minimum atomic E-state index is 0.0662. The Morgan fingerprint density at radius 3 is 1.24 bits per heavy atom. The van der Waals surface area contributed by atoms with Gasteiger partial charge in [0.05, 0.1) is 27.4 Å². The van der Waals surface area contributed by atoms with Crippen molar-refractivity contribution in [1.82, 2.24) is 0 Å².